The van der Waals surface area contributed by atoms with Gasteiger partial charge in [0.2, 0.25) is 5.78 Å². The van der Waals surface area contributed by atoms with Crippen LogP contribution in [0.1, 0.15) is 60.3 Å². The predicted octanol–water partition coefficient (Wildman–Crippen LogP) is 3.42. The smallest absolute Gasteiger partial charge is 0.271 e. The molecule has 0 saturated carbocycles. The molecular weight excluding hydrogens is 228 g/mol. The van der Waals surface area contributed by atoms with E-state index in [4.69, 9.17) is 4.74 Å². The predicted molar refractivity (Wildman–Crippen MR) is 71.9 cm³/mol. The molecule has 1 rings (SSSR count). The lowest BCUT2D eigenvalue weighted by Crippen LogP contribution is -2.36. The molecule has 3 heteroatoms. The van der Waals surface area contributed by atoms with Gasteiger partial charge in [0.15, 0.2) is 0 Å². The second-order valence-electron chi connectivity index (χ2n) is 5.45. The molecule has 18 heavy (non-hydrogen) atoms. The van der Waals surface area contributed by atoms with Crippen LogP contribution in [-0.2, 0) is 9.53 Å². The Kier molecular flexibility index (Phi) is 4.97. The Morgan fingerprint density at radius 3 is 2.17 bits per heavy atom. The summed E-state index contributed by atoms with van der Waals surface area (Å²) in [5.41, 5.74) is 0.711. The normalized spacial score (nSPS) is 24.3. The highest BCUT2D eigenvalue weighted by atomic mass is 16.6. The maximum absolute atomic E-state index is 12.3. The Morgan fingerprint density at radius 1 is 1.22 bits per heavy atom. The lowest BCUT2D eigenvalue weighted by Gasteiger charge is -2.21. The van der Waals surface area contributed by atoms with Gasteiger partial charge in [-0.05, 0) is 12.3 Å². The minimum atomic E-state index is -1.61. The molecule has 1 aliphatic heterocycles. The van der Waals surface area contributed by atoms with Gasteiger partial charge in [0.25, 0.3) is 5.79 Å². The largest absolute Gasteiger partial charge is 0.458 e. The number of ether oxygens (including phenoxy) is 1. The van der Waals surface area contributed by atoms with E-state index < -0.39 is 5.79 Å². The lowest BCUT2D eigenvalue weighted by molar-refractivity contribution is -0.180. The molecule has 0 aromatic heterocycles. The number of Topliss-reactive ketones (excluding diaryl/α,β-unsaturated/α-hetero) is 1. The van der Waals surface area contributed by atoms with E-state index in [9.17, 15) is 9.90 Å². The van der Waals surface area contributed by atoms with E-state index >= 15 is 0 Å². The molecule has 0 bridgehead atoms. The summed E-state index contributed by atoms with van der Waals surface area (Å²) in [6.07, 6.45) is 3.11. The van der Waals surface area contributed by atoms with Gasteiger partial charge in [0.1, 0.15) is 5.76 Å². The number of carbonyl (C=O) groups excluding carboxylic acids is 1. The van der Waals surface area contributed by atoms with Gasteiger partial charge < -0.3 is 9.84 Å². The number of hydrogen-bond acceptors (Lipinski definition) is 3. The Balaban J connectivity index is 3.01. The lowest BCUT2D eigenvalue weighted by atomic mass is 9.89. The summed E-state index contributed by atoms with van der Waals surface area (Å²) in [6.45, 7) is 10.0. The van der Waals surface area contributed by atoms with Gasteiger partial charge in [-0.25, -0.2) is 0 Å². The number of carbonyl (C=O) groups is 1. The zero-order chi connectivity index (χ0) is 13.9. The van der Waals surface area contributed by atoms with Crippen LogP contribution in [0.15, 0.2) is 11.3 Å². The molecule has 1 heterocycles. The molecule has 1 N–H and O–H groups in total. The zero-order valence-electron chi connectivity index (χ0n) is 12.2. The minimum absolute atomic E-state index is 0.138. The summed E-state index contributed by atoms with van der Waals surface area (Å²) < 4.78 is 5.56. The SMILES string of the molecule is CCC(CC)CC1=C(C(C)C)OC(O)(CC)C1=O. The summed E-state index contributed by atoms with van der Waals surface area (Å²) in [4.78, 5) is 12.3. The highest BCUT2D eigenvalue weighted by molar-refractivity contribution is 6.03. The van der Waals surface area contributed by atoms with Crippen molar-refractivity contribution in [2.45, 2.75) is 66.1 Å². The van der Waals surface area contributed by atoms with Crippen LogP contribution in [-0.4, -0.2) is 16.7 Å². The third-order valence-electron chi connectivity index (χ3n) is 3.86. The third-order valence-corrected chi connectivity index (χ3v) is 3.86. The number of rotatable bonds is 6. The summed E-state index contributed by atoms with van der Waals surface area (Å²) in [7, 11) is 0. The second kappa shape index (κ2) is 5.87. The first kappa shape index (κ1) is 15.2. The average Bonchev–Trinajstić information content (AvgIpc) is 2.61. The molecule has 0 spiro atoms. The van der Waals surface area contributed by atoms with Crippen LogP contribution in [0.5, 0.6) is 0 Å². The Labute approximate surface area is 110 Å². The van der Waals surface area contributed by atoms with Crippen molar-refractivity contribution >= 4 is 5.78 Å². The van der Waals surface area contributed by atoms with Gasteiger partial charge in [-0.1, -0.05) is 47.5 Å². The van der Waals surface area contributed by atoms with Gasteiger partial charge in [-0.15, -0.1) is 0 Å². The standard InChI is InChI=1S/C15H26O3/c1-6-11(7-2)9-12-13(10(4)5)18-15(17,8-3)14(12)16/h10-11,17H,6-9H2,1-5H3. The van der Waals surface area contributed by atoms with E-state index in [1.165, 1.54) is 0 Å². The zero-order valence-corrected chi connectivity index (χ0v) is 12.2. The molecule has 0 saturated heterocycles. The maximum Gasteiger partial charge on any atom is 0.271 e. The van der Waals surface area contributed by atoms with Crippen LogP contribution in [0.3, 0.4) is 0 Å². The van der Waals surface area contributed by atoms with E-state index in [2.05, 4.69) is 13.8 Å². The average molecular weight is 254 g/mol. The fourth-order valence-corrected chi connectivity index (χ4v) is 2.40. The van der Waals surface area contributed by atoms with E-state index in [0.717, 1.165) is 19.3 Å². The minimum Gasteiger partial charge on any atom is -0.458 e. The molecule has 1 unspecified atom stereocenters. The van der Waals surface area contributed by atoms with Crippen molar-refractivity contribution in [3.63, 3.8) is 0 Å². The van der Waals surface area contributed by atoms with Crippen molar-refractivity contribution < 1.29 is 14.6 Å². The van der Waals surface area contributed by atoms with Gasteiger partial charge >= 0.3 is 0 Å². The first-order valence-corrected chi connectivity index (χ1v) is 7.08. The molecule has 3 nitrogen and oxygen atoms in total. The molecule has 0 amide bonds. The van der Waals surface area contributed by atoms with Crippen LogP contribution < -0.4 is 0 Å². The molecule has 0 aliphatic carbocycles. The van der Waals surface area contributed by atoms with Crippen LogP contribution in [0.4, 0.5) is 0 Å². The van der Waals surface area contributed by atoms with E-state index in [1.54, 1.807) is 6.92 Å². The van der Waals surface area contributed by atoms with E-state index in [1.807, 2.05) is 13.8 Å². The van der Waals surface area contributed by atoms with Crippen LogP contribution >= 0.6 is 0 Å². The van der Waals surface area contributed by atoms with Crippen LogP contribution in [0.2, 0.25) is 0 Å². The van der Waals surface area contributed by atoms with Crippen molar-refractivity contribution in [1.82, 2.24) is 0 Å². The Bertz CT molecular complexity index is 340. The number of ketones is 1. The Hall–Kier alpha value is -0.830. The first-order valence-electron chi connectivity index (χ1n) is 7.08. The molecule has 0 aromatic carbocycles. The summed E-state index contributed by atoms with van der Waals surface area (Å²) in [6, 6.07) is 0. The molecular formula is C15H26O3. The Morgan fingerprint density at radius 2 is 1.78 bits per heavy atom. The molecule has 1 aliphatic rings. The molecule has 0 radical (unpaired) electrons. The van der Waals surface area contributed by atoms with Gasteiger partial charge in [0.05, 0.1) is 0 Å². The topological polar surface area (TPSA) is 46.5 Å². The summed E-state index contributed by atoms with van der Waals surface area (Å²) in [5.74, 6) is -0.516. The third kappa shape index (κ3) is 2.77. The monoisotopic (exact) mass is 254 g/mol. The van der Waals surface area contributed by atoms with Crippen LogP contribution in [0, 0.1) is 11.8 Å². The van der Waals surface area contributed by atoms with E-state index in [0.29, 0.717) is 23.7 Å². The summed E-state index contributed by atoms with van der Waals surface area (Å²) >= 11 is 0. The second-order valence-corrected chi connectivity index (χ2v) is 5.45. The van der Waals surface area contributed by atoms with Crippen molar-refractivity contribution in [2.75, 3.05) is 0 Å². The van der Waals surface area contributed by atoms with Crippen molar-refractivity contribution in [3.8, 4) is 0 Å². The van der Waals surface area contributed by atoms with Gasteiger partial charge in [-0.3, -0.25) is 4.79 Å². The van der Waals surface area contributed by atoms with Crippen LogP contribution in [0.25, 0.3) is 0 Å². The quantitative estimate of drug-likeness (QED) is 0.790. The van der Waals surface area contributed by atoms with E-state index in [-0.39, 0.29) is 11.7 Å². The fourth-order valence-electron chi connectivity index (χ4n) is 2.40. The fraction of sp³-hybridized carbons (Fsp3) is 0.800. The highest BCUT2D eigenvalue weighted by Gasteiger charge is 2.47. The highest BCUT2D eigenvalue weighted by Crippen LogP contribution is 2.38. The molecule has 0 aromatic rings. The van der Waals surface area contributed by atoms with Gasteiger partial charge in [-0.2, -0.15) is 0 Å². The molecule has 0 fully saturated rings. The van der Waals surface area contributed by atoms with Crippen molar-refractivity contribution in [3.05, 3.63) is 11.3 Å². The number of hydrogen-bond donors (Lipinski definition) is 1. The number of aliphatic hydroxyl groups is 1. The maximum atomic E-state index is 12.3. The molecule has 1 atom stereocenters. The van der Waals surface area contributed by atoms with Crippen molar-refractivity contribution in [1.29, 1.82) is 0 Å². The molecule has 104 valence electrons. The van der Waals surface area contributed by atoms with Gasteiger partial charge in [0, 0.05) is 17.9 Å². The van der Waals surface area contributed by atoms with Crippen molar-refractivity contribution in [2.24, 2.45) is 11.8 Å². The first-order chi connectivity index (χ1) is 8.39. The summed E-state index contributed by atoms with van der Waals surface area (Å²) in [5, 5.41) is 10.2. The number of allylic oxidation sites excluding steroid dienone is 1.